The Balaban J connectivity index is 1.51. The minimum Gasteiger partial charge on any atom is -0.338 e. The van der Waals surface area contributed by atoms with Crippen LogP contribution in [0.4, 0.5) is 14.9 Å². The van der Waals surface area contributed by atoms with Crippen molar-refractivity contribution in [3.8, 4) is 0 Å². The number of hydrogen-bond donors (Lipinski definition) is 2. The van der Waals surface area contributed by atoms with Crippen molar-refractivity contribution in [2.24, 2.45) is 0 Å². The van der Waals surface area contributed by atoms with Crippen molar-refractivity contribution < 1.29 is 14.0 Å². The van der Waals surface area contributed by atoms with E-state index in [4.69, 9.17) is 11.6 Å². The van der Waals surface area contributed by atoms with Gasteiger partial charge in [-0.25, -0.2) is 9.18 Å². The summed E-state index contributed by atoms with van der Waals surface area (Å²) < 4.78 is 13.3. The Kier molecular flexibility index (Phi) is 6.65. The fraction of sp³-hybridized carbons (Fsp3) is 0.600. The molecule has 0 radical (unpaired) electrons. The summed E-state index contributed by atoms with van der Waals surface area (Å²) in [5, 5.41) is 6.01. The average molecular weight is 426 g/mol. The minimum atomic E-state index is -0.529. The zero-order chi connectivity index (χ0) is 21.2. The number of nitrogens with one attached hydrogen (secondary N) is 2. The zero-order valence-corrected chi connectivity index (χ0v) is 17.9. The highest BCUT2D eigenvalue weighted by atomic mass is 35.5. The summed E-state index contributed by atoms with van der Waals surface area (Å²) in [7, 11) is 0. The molecule has 2 N–H and O–H groups in total. The predicted molar refractivity (Wildman–Crippen MR) is 112 cm³/mol. The van der Waals surface area contributed by atoms with Crippen LogP contribution in [-0.4, -0.2) is 84.0 Å². The molecular formula is C20H29ClFN5O2. The second kappa shape index (κ2) is 8.85. The lowest BCUT2D eigenvalue weighted by atomic mass is 10.0. The summed E-state index contributed by atoms with van der Waals surface area (Å²) in [5.74, 6) is -0.442. The number of amides is 3. The number of anilines is 1. The fourth-order valence-electron chi connectivity index (χ4n) is 3.65. The molecule has 2 fully saturated rings. The molecule has 0 aromatic heterocycles. The molecule has 3 rings (SSSR count). The lowest BCUT2D eigenvalue weighted by molar-refractivity contribution is -0.136. The second-order valence-electron chi connectivity index (χ2n) is 8.49. The summed E-state index contributed by atoms with van der Waals surface area (Å²) in [6, 6.07) is 3.56. The Morgan fingerprint density at radius 1 is 1.14 bits per heavy atom. The van der Waals surface area contributed by atoms with Gasteiger partial charge in [0.15, 0.2) is 0 Å². The minimum absolute atomic E-state index is 0.0284. The van der Waals surface area contributed by atoms with Crippen molar-refractivity contribution >= 4 is 29.2 Å². The van der Waals surface area contributed by atoms with E-state index >= 15 is 0 Å². The smallest absolute Gasteiger partial charge is 0.321 e. The lowest BCUT2D eigenvalue weighted by Gasteiger charge is -2.43. The summed E-state index contributed by atoms with van der Waals surface area (Å²) >= 11 is 5.76. The number of hydrogen-bond acceptors (Lipinski definition) is 4. The summed E-state index contributed by atoms with van der Waals surface area (Å²) in [5.41, 5.74) is 0.467. The number of nitrogens with zero attached hydrogens (tertiary/aromatic N) is 3. The Hall–Kier alpha value is -1.90. The predicted octanol–water partition coefficient (Wildman–Crippen LogP) is 2.23. The third kappa shape index (κ3) is 5.38. The van der Waals surface area contributed by atoms with Crippen molar-refractivity contribution in [1.82, 2.24) is 20.0 Å². The Bertz CT molecular complexity index is 762. The van der Waals surface area contributed by atoms with E-state index in [9.17, 15) is 14.0 Å². The molecule has 3 amide bonds. The first-order valence-corrected chi connectivity index (χ1v) is 10.3. The van der Waals surface area contributed by atoms with Gasteiger partial charge >= 0.3 is 6.03 Å². The van der Waals surface area contributed by atoms with Crippen molar-refractivity contribution in [3.63, 3.8) is 0 Å². The number of benzene rings is 1. The monoisotopic (exact) mass is 425 g/mol. The van der Waals surface area contributed by atoms with Gasteiger partial charge in [-0.2, -0.15) is 0 Å². The highest BCUT2D eigenvalue weighted by Crippen LogP contribution is 2.20. The summed E-state index contributed by atoms with van der Waals surface area (Å²) in [4.78, 5) is 31.2. The molecule has 9 heteroatoms. The van der Waals surface area contributed by atoms with E-state index in [1.807, 2.05) is 4.90 Å². The first-order chi connectivity index (χ1) is 13.6. The number of carbonyl (C=O) groups is 2. The number of piperazine rings is 2. The molecule has 2 aliphatic heterocycles. The van der Waals surface area contributed by atoms with Crippen LogP contribution in [0.1, 0.15) is 20.8 Å². The fourth-order valence-corrected chi connectivity index (χ4v) is 3.83. The zero-order valence-electron chi connectivity index (χ0n) is 17.2. The maximum Gasteiger partial charge on any atom is 0.321 e. The maximum atomic E-state index is 13.3. The molecule has 2 saturated heterocycles. The number of urea groups is 1. The van der Waals surface area contributed by atoms with Crippen molar-refractivity contribution in [2.75, 3.05) is 51.1 Å². The molecule has 2 heterocycles. The van der Waals surface area contributed by atoms with E-state index < -0.39 is 5.82 Å². The molecule has 7 nitrogen and oxygen atoms in total. The van der Waals surface area contributed by atoms with E-state index in [1.165, 1.54) is 18.2 Å². The number of halogens is 2. The van der Waals surface area contributed by atoms with Crippen LogP contribution in [0.3, 0.4) is 0 Å². The molecule has 160 valence electrons. The SMILES string of the molecule is CC(C)(C)N1CCNC(C(=O)N2CCN(C(=O)Nc3ccc(F)c(Cl)c3)CC2)C1. The number of rotatable bonds is 2. The van der Waals surface area contributed by atoms with Crippen molar-refractivity contribution in [3.05, 3.63) is 29.0 Å². The maximum absolute atomic E-state index is 13.3. The van der Waals surface area contributed by atoms with E-state index in [-0.39, 0.29) is 28.5 Å². The average Bonchev–Trinajstić information content (AvgIpc) is 2.70. The quantitative estimate of drug-likeness (QED) is 0.762. The van der Waals surface area contributed by atoms with Crippen LogP contribution in [0, 0.1) is 5.82 Å². The first-order valence-electron chi connectivity index (χ1n) is 9.93. The van der Waals surface area contributed by atoms with Gasteiger partial charge in [0, 0.05) is 57.0 Å². The van der Waals surface area contributed by atoms with Gasteiger partial charge in [-0.15, -0.1) is 0 Å². The lowest BCUT2D eigenvalue weighted by Crippen LogP contribution is -2.63. The molecule has 1 aromatic carbocycles. The van der Waals surface area contributed by atoms with Gasteiger partial charge in [-0.05, 0) is 39.0 Å². The highest BCUT2D eigenvalue weighted by Gasteiger charge is 2.34. The van der Waals surface area contributed by atoms with E-state index in [0.717, 1.165) is 13.1 Å². The van der Waals surface area contributed by atoms with Gasteiger partial charge in [0.05, 0.1) is 11.1 Å². The Morgan fingerprint density at radius 2 is 1.79 bits per heavy atom. The molecule has 1 unspecified atom stereocenters. The second-order valence-corrected chi connectivity index (χ2v) is 8.90. The molecule has 29 heavy (non-hydrogen) atoms. The Labute approximate surface area is 176 Å². The van der Waals surface area contributed by atoms with Gasteiger partial charge in [0.1, 0.15) is 5.82 Å². The standard InChI is InChI=1S/C20H29ClFN5O2/c1-20(2,3)27-7-6-23-17(13-27)18(28)25-8-10-26(11-9-25)19(29)24-14-4-5-16(22)15(21)12-14/h4-5,12,17,23H,6-11,13H2,1-3H3,(H,24,29). The van der Waals surface area contributed by atoms with Crippen LogP contribution in [0.5, 0.6) is 0 Å². The van der Waals surface area contributed by atoms with Crippen LogP contribution >= 0.6 is 11.6 Å². The van der Waals surface area contributed by atoms with Crippen LogP contribution < -0.4 is 10.6 Å². The molecule has 1 atom stereocenters. The van der Waals surface area contributed by atoms with E-state index in [1.54, 1.807) is 4.90 Å². The molecule has 0 saturated carbocycles. The molecule has 0 aliphatic carbocycles. The van der Waals surface area contributed by atoms with Crippen LogP contribution in [-0.2, 0) is 4.79 Å². The number of carbonyl (C=O) groups excluding carboxylic acids is 2. The van der Waals surface area contributed by atoms with Crippen LogP contribution in [0.2, 0.25) is 5.02 Å². The van der Waals surface area contributed by atoms with Crippen molar-refractivity contribution in [2.45, 2.75) is 32.4 Å². The van der Waals surface area contributed by atoms with E-state index in [0.29, 0.717) is 38.4 Å². The largest absolute Gasteiger partial charge is 0.338 e. The normalized spacial score (nSPS) is 21.2. The molecule has 0 bridgehead atoms. The topological polar surface area (TPSA) is 67.9 Å². The van der Waals surface area contributed by atoms with Gasteiger partial charge in [0.2, 0.25) is 5.91 Å². The summed E-state index contributed by atoms with van der Waals surface area (Å²) in [6.45, 7) is 10.8. The van der Waals surface area contributed by atoms with Crippen LogP contribution in [0.15, 0.2) is 18.2 Å². The van der Waals surface area contributed by atoms with Crippen molar-refractivity contribution in [1.29, 1.82) is 0 Å². The van der Waals surface area contributed by atoms with E-state index in [2.05, 4.69) is 36.3 Å². The van der Waals surface area contributed by atoms with Gasteiger partial charge in [-0.1, -0.05) is 11.6 Å². The molecule has 0 spiro atoms. The third-order valence-corrected chi connectivity index (χ3v) is 5.76. The molecule has 1 aromatic rings. The van der Waals surface area contributed by atoms with Gasteiger partial charge < -0.3 is 20.4 Å². The third-order valence-electron chi connectivity index (χ3n) is 5.47. The van der Waals surface area contributed by atoms with Gasteiger partial charge in [-0.3, -0.25) is 9.69 Å². The molecular weight excluding hydrogens is 397 g/mol. The summed E-state index contributed by atoms with van der Waals surface area (Å²) in [6.07, 6.45) is 0. The van der Waals surface area contributed by atoms with Gasteiger partial charge in [0.25, 0.3) is 0 Å². The van der Waals surface area contributed by atoms with Crippen LogP contribution in [0.25, 0.3) is 0 Å². The molecule has 2 aliphatic rings. The first kappa shape index (κ1) is 21.8. The highest BCUT2D eigenvalue weighted by molar-refractivity contribution is 6.31. The Morgan fingerprint density at radius 3 is 2.41 bits per heavy atom.